The van der Waals surface area contributed by atoms with Gasteiger partial charge >= 0.3 is 5.97 Å². The lowest BCUT2D eigenvalue weighted by molar-refractivity contribution is -0.137. The number of carboxylic acids is 1. The van der Waals surface area contributed by atoms with Gasteiger partial charge in [0.2, 0.25) is 0 Å². The first-order chi connectivity index (χ1) is 8.97. The minimum atomic E-state index is -0.902. The van der Waals surface area contributed by atoms with Crippen LogP contribution in [0.2, 0.25) is 0 Å². The number of hydrogen-bond acceptors (Lipinski definition) is 3. The lowest BCUT2D eigenvalue weighted by Gasteiger charge is -2.15. The molecular formula is C13H21N3O3. The first-order valence-electron chi connectivity index (χ1n) is 6.53. The van der Waals surface area contributed by atoms with Crippen LogP contribution in [-0.4, -0.2) is 32.8 Å². The first-order valence-corrected chi connectivity index (χ1v) is 6.53. The summed E-state index contributed by atoms with van der Waals surface area (Å²) in [4.78, 5) is 22.9. The molecule has 1 heterocycles. The number of aryl methyl sites for hydroxylation is 2. The Labute approximate surface area is 112 Å². The standard InChI is InChI=1S/C13H21N3O3/c1-4-6-9(7-12(17)18)14-13(19)10-8-16(3)15-11(10)5-2/h8-9H,4-7H2,1-3H3,(H,14,19)(H,17,18). The molecule has 1 amide bonds. The first kappa shape index (κ1) is 15.2. The lowest BCUT2D eigenvalue weighted by Crippen LogP contribution is -2.36. The van der Waals surface area contributed by atoms with Crippen LogP contribution in [0.4, 0.5) is 0 Å². The van der Waals surface area contributed by atoms with E-state index in [1.165, 1.54) is 0 Å². The number of nitrogens with zero attached hydrogens (tertiary/aromatic N) is 2. The summed E-state index contributed by atoms with van der Waals surface area (Å²) in [6.07, 6.45) is 3.76. The van der Waals surface area contributed by atoms with Gasteiger partial charge in [-0.15, -0.1) is 0 Å². The number of amides is 1. The maximum Gasteiger partial charge on any atom is 0.305 e. The molecule has 1 atom stereocenters. The average molecular weight is 267 g/mol. The van der Waals surface area contributed by atoms with Crippen LogP contribution >= 0.6 is 0 Å². The Balaban J connectivity index is 2.77. The van der Waals surface area contributed by atoms with Crippen molar-refractivity contribution in [3.8, 4) is 0 Å². The second-order valence-corrected chi connectivity index (χ2v) is 4.57. The topological polar surface area (TPSA) is 84.2 Å². The zero-order chi connectivity index (χ0) is 14.4. The molecule has 1 rings (SSSR count). The number of hydrogen-bond donors (Lipinski definition) is 2. The SMILES string of the molecule is CCCC(CC(=O)O)NC(=O)c1cn(C)nc1CC. The van der Waals surface area contributed by atoms with Crippen molar-refractivity contribution < 1.29 is 14.7 Å². The summed E-state index contributed by atoms with van der Waals surface area (Å²) in [5, 5.41) is 15.8. The Kier molecular flexibility index (Phi) is 5.54. The number of carbonyl (C=O) groups excluding carboxylic acids is 1. The molecule has 0 radical (unpaired) electrons. The highest BCUT2D eigenvalue weighted by atomic mass is 16.4. The van der Waals surface area contributed by atoms with Gasteiger partial charge in [-0.3, -0.25) is 14.3 Å². The summed E-state index contributed by atoms with van der Waals surface area (Å²) in [7, 11) is 1.76. The minimum Gasteiger partial charge on any atom is -0.481 e. The Bertz CT molecular complexity index is 454. The second-order valence-electron chi connectivity index (χ2n) is 4.57. The molecule has 0 aliphatic carbocycles. The molecule has 0 aliphatic rings. The van der Waals surface area contributed by atoms with Gasteiger partial charge in [0.25, 0.3) is 5.91 Å². The molecule has 6 nitrogen and oxygen atoms in total. The summed E-state index contributed by atoms with van der Waals surface area (Å²) < 4.78 is 1.60. The van der Waals surface area contributed by atoms with Gasteiger partial charge in [-0.1, -0.05) is 20.3 Å². The summed E-state index contributed by atoms with van der Waals surface area (Å²) in [6.45, 7) is 3.89. The normalized spacial score (nSPS) is 12.2. The minimum absolute atomic E-state index is 0.0543. The lowest BCUT2D eigenvalue weighted by atomic mass is 10.1. The molecule has 2 N–H and O–H groups in total. The molecule has 0 saturated heterocycles. The van der Waals surface area contributed by atoms with Crippen molar-refractivity contribution in [3.05, 3.63) is 17.5 Å². The van der Waals surface area contributed by atoms with Crippen LogP contribution in [0.3, 0.4) is 0 Å². The molecule has 0 fully saturated rings. The molecule has 19 heavy (non-hydrogen) atoms. The van der Waals surface area contributed by atoms with Gasteiger partial charge in [0.15, 0.2) is 0 Å². The quantitative estimate of drug-likeness (QED) is 0.781. The third-order valence-corrected chi connectivity index (χ3v) is 2.88. The van der Waals surface area contributed by atoms with Crippen molar-refractivity contribution in [2.75, 3.05) is 0 Å². The fourth-order valence-electron chi connectivity index (χ4n) is 2.03. The van der Waals surface area contributed by atoms with Gasteiger partial charge < -0.3 is 10.4 Å². The molecule has 1 aromatic heterocycles. The van der Waals surface area contributed by atoms with Crippen molar-refractivity contribution in [3.63, 3.8) is 0 Å². The van der Waals surface area contributed by atoms with Gasteiger partial charge in [-0.05, 0) is 12.8 Å². The van der Waals surface area contributed by atoms with Crippen molar-refractivity contribution in [2.24, 2.45) is 7.05 Å². The van der Waals surface area contributed by atoms with E-state index in [0.717, 1.165) is 12.1 Å². The van der Waals surface area contributed by atoms with Crippen LogP contribution in [0.1, 0.15) is 49.2 Å². The number of carbonyl (C=O) groups is 2. The number of aromatic nitrogens is 2. The van der Waals surface area contributed by atoms with Gasteiger partial charge in [0.05, 0.1) is 17.7 Å². The third kappa shape index (κ3) is 4.39. The van der Waals surface area contributed by atoms with Crippen molar-refractivity contribution >= 4 is 11.9 Å². The van der Waals surface area contributed by atoms with Crippen LogP contribution in [0.15, 0.2) is 6.20 Å². The van der Waals surface area contributed by atoms with Gasteiger partial charge in [0.1, 0.15) is 0 Å². The number of nitrogens with one attached hydrogen (secondary N) is 1. The Morgan fingerprint density at radius 3 is 2.68 bits per heavy atom. The highest BCUT2D eigenvalue weighted by Crippen LogP contribution is 2.09. The number of rotatable bonds is 7. The molecule has 0 aromatic carbocycles. The van der Waals surface area contributed by atoms with Crippen molar-refractivity contribution in [1.29, 1.82) is 0 Å². The fraction of sp³-hybridized carbons (Fsp3) is 0.615. The maximum absolute atomic E-state index is 12.1. The highest BCUT2D eigenvalue weighted by Gasteiger charge is 2.19. The summed E-state index contributed by atoms with van der Waals surface area (Å²) in [5.41, 5.74) is 1.25. The Morgan fingerprint density at radius 1 is 1.47 bits per heavy atom. The number of aliphatic carboxylic acids is 1. The van der Waals surface area contributed by atoms with E-state index < -0.39 is 5.97 Å². The van der Waals surface area contributed by atoms with E-state index in [2.05, 4.69) is 10.4 Å². The zero-order valence-corrected chi connectivity index (χ0v) is 11.6. The third-order valence-electron chi connectivity index (χ3n) is 2.88. The van der Waals surface area contributed by atoms with Crippen LogP contribution in [-0.2, 0) is 18.3 Å². The van der Waals surface area contributed by atoms with Gasteiger partial charge in [-0.25, -0.2) is 0 Å². The Morgan fingerprint density at radius 2 is 2.16 bits per heavy atom. The van der Waals surface area contributed by atoms with E-state index in [-0.39, 0.29) is 18.4 Å². The van der Waals surface area contributed by atoms with Crippen LogP contribution in [0.25, 0.3) is 0 Å². The van der Waals surface area contributed by atoms with Crippen LogP contribution < -0.4 is 5.32 Å². The van der Waals surface area contributed by atoms with E-state index in [0.29, 0.717) is 18.4 Å². The largest absolute Gasteiger partial charge is 0.481 e. The fourth-order valence-corrected chi connectivity index (χ4v) is 2.03. The highest BCUT2D eigenvalue weighted by molar-refractivity contribution is 5.95. The molecule has 6 heteroatoms. The second kappa shape index (κ2) is 6.92. The molecular weight excluding hydrogens is 246 g/mol. The molecule has 1 unspecified atom stereocenters. The van der Waals surface area contributed by atoms with E-state index in [1.807, 2.05) is 13.8 Å². The van der Waals surface area contributed by atoms with E-state index in [4.69, 9.17) is 5.11 Å². The zero-order valence-electron chi connectivity index (χ0n) is 11.6. The van der Waals surface area contributed by atoms with Crippen molar-refractivity contribution in [2.45, 2.75) is 45.6 Å². The molecule has 106 valence electrons. The van der Waals surface area contributed by atoms with Crippen molar-refractivity contribution in [1.82, 2.24) is 15.1 Å². The summed E-state index contributed by atoms with van der Waals surface area (Å²) >= 11 is 0. The van der Waals surface area contributed by atoms with Gasteiger partial charge in [0, 0.05) is 19.3 Å². The smallest absolute Gasteiger partial charge is 0.305 e. The molecule has 0 saturated carbocycles. The molecule has 0 aliphatic heterocycles. The number of carboxylic acid groups (broad SMARTS) is 1. The monoisotopic (exact) mass is 267 g/mol. The van der Waals surface area contributed by atoms with E-state index in [9.17, 15) is 9.59 Å². The van der Waals surface area contributed by atoms with Crippen LogP contribution in [0, 0.1) is 0 Å². The van der Waals surface area contributed by atoms with Crippen LogP contribution in [0.5, 0.6) is 0 Å². The predicted molar refractivity (Wildman–Crippen MR) is 71.0 cm³/mol. The maximum atomic E-state index is 12.1. The summed E-state index contributed by atoms with van der Waals surface area (Å²) in [5.74, 6) is -1.15. The van der Waals surface area contributed by atoms with E-state index in [1.54, 1.807) is 17.9 Å². The van der Waals surface area contributed by atoms with E-state index >= 15 is 0 Å². The predicted octanol–water partition coefficient (Wildman–Crippen LogP) is 1.36. The Hall–Kier alpha value is -1.85. The summed E-state index contributed by atoms with van der Waals surface area (Å²) in [6, 6.07) is -0.333. The van der Waals surface area contributed by atoms with Gasteiger partial charge in [-0.2, -0.15) is 5.10 Å². The molecule has 1 aromatic rings. The molecule has 0 spiro atoms. The average Bonchev–Trinajstić information content (AvgIpc) is 2.70. The molecule has 0 bridgehead atoms.